The Bertz CT molecular complexity index is 336. The Morgan fingerprint density at radius 1 is 1.50 bits per heavy atom. The van der Waals surface area contributed by atoms with Crippen LogP contribution in [0.25, 0.3) is 0 Å². The van der Waals surface area contributed by atoms with Gasteiger partial charge in [-0.1, -0.05) is 12.1 Å². The van der Waals surface area contributed by atoms with E-state index in [-0.39, 0.29) is 11.7 Å². The minimum atomic E-state index is -0.187. The van der Waals surface area contributed by atoms with Crippen molar-refractivity contribution in [2.45, 2.75) is 20.3 Å². The van der Waals surface area contributed by atoms with Crippen LogP contribution < -0.4 is 5.32 Å². The Morgan fingerprint density at radius 2 is 2.21 bits per heavy atom. The second kappa shape index (κ2) is 4.74. The van der Waals surface area contributed by atoms with Crippen LogP contribution in [0.15, 0.2) is 18.2 Å². The minimum Gasteiger partial charge on any atom is -0.356 e. The van der Waals surface area contributed by atoms with E-state index in [2.05, 4.69) is 5.32 Å². The third-order valence-corrected chi connectivity index (χ3v) is 2.01. The summed E-state index contributed by atoms with van der Waals surface area (Å²) < 4.78 is 12.9. The summed E-state index contributed by atoms with van der Waals surface area (Å²) in [5, 5.41) is 2.70. The van der Waals surface area contributed by atoms with E-state index in [1.165, 1.54) is 13.0 Å². The highest BCUT2D eigenvalue weighted by Gasteiger charge is 1.99. The smallest absolute Gasteiger partial charge is 0.216 e. The monoisotopic (exact) mass is 195 g/mol. The van der Waals surface area contributed by atoms with Gasteiger partial charge in [-0.2, -0.15) is 0 Å². The summed E-state index contributed by atoms with van der Waals surface area (Å²) in [6.07, 6.45) is 0.737. The maximum atomic E-state index is 12.9. The molecule has 0 saturated carbocycles. The molecule has 0 bridgehead atoms. The van der Waals surface area contributed by atoms with Crippen LogP contribution in [0.3, 0.4) is 0 Å². The lowest BCUT2D eigenvalue weighted by atomic mass is 10.1. The van der Waals surface area contributed by atoms with Crippen molar-refractivity contribution in [3.8, 4) is 0 Å². The first-order valence-electron chi connectivity index (χ1n) is 4.59. The Hall–Kier alpha value is -1.38. The van der Waals surface area contributed by atoms with E-state index >= 15 is 0 Å². The normalized spacial score (nSPS) is 9.93. The molecule has 2 nitrogen and oxygen atoms in total. The second-order valence-electron chi connectivity index (χ2n) is 3.32. The molecule has 1 aromatic rings. The highest BCUT2D eigenvalue weighted by Crippen LogP contribution is 2.09. The molecule has 14 heavy (non-hydrogen) atoms. The van der Waals surface area contributed by atoms with Crippen LogP contribution in [-0.2, 0) is 11.2 Å². The standard InChI is InChI=1S/C11H14FNO/c1-8-7-10(3-4-11(8)12)5-6-13-9(2)14/h3-4,7H,5-6H2,1-2H3,(H,13,14). The first kappa shape index (κ1) is 10.7. The van der Waals surface area contributed by atoms with Gasteiger partial charge in [-0.15, -0.1) is 0 Å². The minimum absolute atomic E-state index is 0.0381. The quantitative estimate of drug-likeness (QED) is 0.783. The van der Waals surface area contributed by atoms with Crippen LogP contribution in [-0.4, -0.2) is 12.5 Å². The first-order valence-corrected chi connectivity index (χ1v) is 4.59. The van der Waals surface area contributed by atoms with Crippen molar-refractivity contribution < 1.29 is 9.18 Å². The molecule has 0 aliphatic rings. The molecule has 0 aromatic heterocycles. The molecular weight excluding hydrogens is 181 g/mol. The average molecular weight is 195 g/mol. The third kappa shape index (κ3) is 3.17. The molecule has 0 aliphatic carbocycles. The molecule has 0 radical (unpaired) electrons. The van der Waals surface area contributed by atoms with Crippen LogP contribution in [0, 0.1) is 12.7 Å². The maximum absolute atomic E-state index is 12.9. The Labute approximate surface area is 83.1 Å². The SMILES string of the molecule is CC(=O)NCCc1ccc(F)c(C)c1. The van der Waals surface area contributed by atoms with Gasteiger partial charge in [-0.25, -0.2) is 4.39 Å². The van der Waals surface area contributed by atoms with Gasteiger partial charge in [0.05, 0.1) is 0 Å². The maximum Gasteiger partial charge on any atom is 0.216 e. The van der Waals surface area contributed by atoms with E-state index in [0.29, 0.717) is 12.1 Å². The highest BCUT2D eigenvalue weighted by atomic mass is 19.1. The fourth-order valence-electron chi connectivity index (χ4n) is 1.25. The second-order valence-corrected chi connectivity index (χ2v) is 3.32. The zero-order chi connectivity index (χ0) is 10.6. The van der Waals surface area contributed by atoms with Gasteiger partial charge in [0.2, 0.25) is 5.91 Å². The predicted molar refractivity (Wildman–Crippen MR) is 53.5 cm³/mol. The zero-order valence-corrected chi connectivity index (χ0v) is 8.43. The molecule has 76 valence electrons. The molecule has 0 saturated heterocycles. The summed E-state index contributed by atoms with van der Waals surface area (Å²) in [6, 6.07) is 5.00. The lowest BCUT2D eigenvalue weighted by molar-refractivity contribution is -0.118. The molecule has 1 amide bonds. The summed E-state index contributed by atoms with van der Waals surface area (Å²) in [6.45, 7) is 3.81. The molecule has 0 aliphatic heterocycles. The number of carbonyl (C=O) groups excluding carboxylic acids is 1. The van der Waals surface area contributed by atoms with Crippen LogP contribution in [0.2, 0.25) is 0 Å². The van der Waals surface area contributed by atoms with Crippen LogP contribution >= 0.6 is 0 Å². The van der Waals surface area contributed by atoms with Crippen LogP contribution in [0.5, 0.6) is 0 Å². The van der Waals surface area contributed by atoms with E-state index < -0.39 is 0 Å². The largest absolute Gasteiger partial charge is 0.356 e. The van der Waals surface area contributed by atoms with Gasteiger partial charge in [0.1, 0.15) is 5.82 Å². The lowest BCUT2D eigenvalue weighted by Gasteiger charge is -2.04. The fourth-order valence-corrected chi connectivity index (χ4v) is 1.25. The molecule has 0 unspecified atom stereocenters. The molecular formula is C11H14FNO. The number of benzene rings is 1. The lowest BCUT2D eigenvalue weighted by Crippen LogP contribution is -2.22. The van der Waals surface area contributed by atoms with Gasteiger partial charge >= 0.3 is 0 Å². The topological polar surface area (TPSA) is 29.1 Å². The van der Waals surface area contributed by atoms with Crippen molar-refractivity contribution >= 4 is 5.91 Å². The molecule has 0 fully saturated rings. The Morgan fingerprint density at radius 3 is 2.79 bits per heavy atom. The van der Waals surface area contributed by atoms with Gasteiger partial charge in [0, 0.05) is 13.5 Å². The van der Waals surface area contributed by atoms with E-state index in [0.717, 1.165) is 12.0 Å². The van der Waals surface area contributed by atoms with E-state index in [4.69, 9.17) is 0 Å². The van der Waals surface area contributed by atoms with Crippen LogP contribution in [0.4, 0.5) is 4.39 Å². The Balaban J connectivity index is 2.51. The van der Waals surface area contributed by atoms with Crippen molar-refractivity contribution in [3.63, 3.8) is 0 Å². The zero-order valence-electron chi connectivity index (χ0n) is 8.43. The first-order chi connectivity index (χ1) is 6.59. The van der Waals surface area contributed by atoms with Gasteiger partial charge in [0.25, 0.3) is 0 Å². The van der Waals surface area contributed by atoms with Gasteiger partial charge < -0.3 is 5.32 Å². The Kier molecular flexibility index (Phi) is 3.63. The molecule has 1 aromatic carbocycles. The number of carbonyl (C=O) groups is 1. The number of rotatable bonds is 3. The van der Waals surface area contributed by atoms with Crippen molar-refractivity contribution in [1.82, 2.24) is 5.32 Å². The number of nitrogens with one attached hydrogen (secondary N) is 1. The summed E-state index contributed by atoms with van der Waals surface area (Å²) in [5.41, 5.74) is 1.68. The van der Waals surface area contributed by atoms with Crippen molar-refractivity contribution in [2.75, 3.05) is 6.54 Å². The fraction of sp³-hybridized carbons (Fsp3) is 0.364. The van der Waals surface area contributed by atoms with E-state index in [1.54, 1.807) is 19.1 Å². The molecule has 1 rings (SSSR count). The van der Waals surface area contributed by atoms with Gasteiger partial charge in [0.15, 0.2) is 0 Å². The molecule has 0 spiro atoms. The third-order valence-electron chi connectivity index (χ3n) is 2.01. The van der Waals surface area contributed by atoms with Crippen molar-refractivity contribution in [1.29, 1.82) is 0 Å². The molecule has 3 heteroatoms. The summed E-state index contributed by atoms with van der Waals surface area (Å²) in [7, 11) is 0. The van der Waals surface area contributed by atoms with Crippen LogP contribution in [0.1, 0.15) is 18.1 Å². The predicted octanol–water partition coefficient (Wildman–Crippen LogP) is 1.81. The number of amides is 1. The van der Waals surface area contributed by atoms with E-state index in [9.17, 15) is 9.18 Å². The van der Waals surface area contributed by atoms with Gasteiger partial charge in [-0.3, -0.25) is 4.79 Å². The van der Waals surface area contributed by atoms with Gasteiger partial charge in [-0.05, 0) is 30.5 Å². The van der Waals surface area contributed by atoms with Crippen molar-refractivity contribution in [2.24, 2.45) is 0 Å². The number of halogens is 1. The summed E-state index contributed by atoms with van der Waals surface area (Å²) in [4.78, 5) is 10.6. The van der Waals surface area contributed by atoms with E-state index in [1.807, 2.05) is 0 Å². The number of hydrogen-bond donors (Lipinski definition) is 1. The number of aryl methyl sites for hydroxylation is 1. The summed E-state index contributed by atoms with van der Waals surface area (Å²) in [5.74, 6) is -0.225. The molecule has 1 N–H and O–H groups in total. The highest BCUT2D eigenvalue weighted by molar-refractivity contribution is 5.72. The van der Waals surface area contributed by atoms with Crippen molar-refractivity contribution in [3.05, 3.63) is 35.1 Å². The number of hydrogen-bond acceptors (Lipinski definition) is 1. The molecule has 0 atom stereocenters. The average Bonchev–Trinajstić information content (AvgIpc) is 2.10. The summed E-state index contributed by atoms with van der Waals surface area (Å²) >= 11 is 0. The molecule has 0 heterocycles.